The number of alkyl halides is 1. The average Bonchev–Trinajstić information content (AvgIpc) is 1.74. The van der Waals surface area contributed by atoms with Crippen LogP contribution in [0, 0.1) is 0 Å². The number of halogens is 4. The molecule has 0 amide bonds. The number of aliphatic hydroxyl groups excluding tert-OH is 1. The number of rotatable bonds is 7. The van der Waals surface area contributed by atoms with Gasteiger partial charge in [-0.15, -0.1) is 0 Å². The van der Waals surface area contributed by atoms with Crippen LogP contribution >= 0.6 is 63.7 Å². The third kappa shape index (κ3) is 16.3. The molecular weight excluding hydrogens is 1550 g/mol. The first-order valence-corrected chi connectivity index (χ1v) is 36.0. The molecule has 0 unspecified atom stereocenters. The first-order chi connectivity index (χ1) is 50.3. The van der Waals surface area contributed by atoms with Crippen LogP contribution in [0.25, 0.3) is 127 Å². The molecule has 0 spiro atoms. The molecule has 5 N–H and O–H groups in total. The fraction of sp³-hybridized carbons (Fsp3) is 0.0366. The predicted octanol–water partition coefficient (Wildman–Crippen LogP) is 18.6. The summed E-state index contributed by atoms with van der Waals surface area (Å²) >= 11 is 13.2. The number of ketones is 1. The van der Waals surface area contributed by atoms with Crippen molar-refractivity contribution in [1.82, 2.24) is 53.1 Å². The van der Waals surface area contributed by atoms with Crippen LogP contribution < -0.4 is 11.2 Å². The highest BCUT2D eigenvalue weighted by Gasteiger charge is 2.19. The highest BCUT2D eigenvalue weighted by molar-refractivity contribution is 9.11. The van der Waals surface area contributed by atoms with Crippen molar-refractivity contribution in [3.05, 3.63) is 318 Å². The maximum Gasteiger partial charge on any atom is 0.489 e. The minimum atomic E-state index is -1.44. The smallest absolute Gasteiger partial charge is 0.423 e. The fourth-order valence-corrected chi connectivity index (χ4v) is 13.1. The molecule has 19 rings (SSSR count). The van der Waals surface area contributed by atoms with E-state index >= 15 is 0 Å². The molecule has 21 heteroatoms. The summed E-state index contributed by atoms with van der Waals surface area (Å²) in [6.45, 7) is 1.93. The number of anilines is 1. The van der Waals surface area contributed by atoms with Gasteiger partial charge >= 0.3 is 7.12 Å². The Morgan fingerprint density at radius 2 is 0.748 bits per heavy atom. The number of carbonyl (C=O) groups is 1. The molecule has 103 heavy (non-hydrogen) atoms. The molecule has 0 aliphatic rings. The number of carbonyl (C=O) groups excluding carboxylic acids is 1. The molecule has 0 fully saturated rings. The lowest BCUT2D eigenvalue weighted by Gasteiger charge is -2.14. The topological polar surface area (TPSA) is 220 Å². The van der Waals surface area contributed by atoms with Crippen LogP contribution in [0.1, 0.15) is 17.3 Å². The Hall–Kier alpha value is -11.0. The Balaban J connectivity index is 0.000000115. The van der Waals surface area contributed by atoms with Crippen LogP contribution in [0.5, 0.6) is 0 Å². The van der Waals surface area contributed by atoms with Gasteiger partial charge in [-0.25, -0.2) is 39.9 Å². The largest absolute Gasteiger partial charge is 0.489 e. The third-order valence-corrected chi connectivity index (χ3v) is 18.8. The highest BCUT2D eigenvalue weighted by Crippen LogP contribution is 2.40. The molecule has 16 nitrogen and oxygen atoms in total. The zero-order valence-electron chi connectivity index (χ0n) is 55.0. The van der Waals surface area contributed by atoms with E-state index in [0.717, 1.165) is 80.5 Å². The number of aromatic nitrogens is 11. The molecule has 0 aliphatic heterocycles. The van der Waals surface area contributed by atoms with Crippen molar-refractivity contribution < 1.29 is 19.9 Å². The number of Topliss-reactive ketones (excluding diaryl/α,β-unsaturated/α-hetero) is 1. The minimum Gasteiger partial charge on any atom is -0.423 e. The van der Waals surface area contributed by atoms with Gasteiger partial charge in [0, 0.05) is 110 Å². The van der Waals surface area contributed by atoms with Gasteiger partial charge in [-0.3, -0.25) is 18.0 Å². The molecule has 7 aromatic heterocycles. The molecular formula is C82H61BBr4N12O4. The van der Waals surface area contributed by atoms with Crippen molar-refractivity contribution in [2.45, 2.75) is 6.92 Å². The second-order valence-electron chi connectivity index (χ2n) is 23.3. The number of benzene rings is 12. The van der Waals surface area contributed by atoms with Gasteiger partial charge in [0.2, 0.25) is 23.3 Å². The van der Waals surface area contributed by atoms with Crippen LogP contribution in [0.15, 0.2) is 312 Å². The summed E-state index contributed by atoms with van der Waals surface area (Å²) in [6, 6.07) is 77.7. The Bertz CT molecular complexity index is 5800. The van der Waals surface area contributed by atoms with Gasteiger partial charge in [0.15, 0.2) is 5.78 Å². The van der Waals surface area contributed by atoms with Crippen molar-refractivity contribution in [1.29, 1.82) is 0 Å². The summed E-state index contributed by atoms with van der Waals surface area (Å²) in [5.74, 6) is 2.59. The summed E-state index contributed by atoms with van der Waals surface area (Å²) < 4.78 is 8.90. The number of hydrogen-bond donors (Lipinski definition) is 4. The van der Waals surface area contributed by atoms with Gasteiger partial charge in [-0.2, -0.15) is 0 Å². The van der Waals surface area contributed by atoms with E-state index in [4.69, 9.17) is 10.8 Å². The van der Waals surface area contributed by atoms with Crippen molar-refractivity contribution in [2.75, 3.05) is 17.7 Å². The van der Waals surface area contributed by atoms with Gasteiger partial charge in [-0.1, -0.05) is 234 Å². The Kier molecular flexibility index (Phi) is 22.4. The van der Waals surface area contributed by atoms with Crippen LogP contribution in [-0.4, -0.2) is 93.1 Å². The number of nitrogens with two attached hydrogens (primary N) is 1. The summed E-state index contributed by atoms with van der Waals surface area (Å²) in [4.78, 5) is 44.6. The van der Waals surface area contributed by atoms with E-state index in [1.165, 1.54) is 59.6 Å². The maximum atomic E-state index is 11.1. The molecule has 19 aromatic rings. The van der Waals surface area contributed by atoms with Gasteiger partial charge in [-0.05, 0) is 149 Å². The van der Waals surface area contributed by atoms with Gasteiger partial charge in [0.1, 0.15) is 0 Å². The molecule has 0 aliphatic carbocycles. The van der Waals surface area contributed by atoms with Gasteiger partial charge in [0.05, 0.1) is 22.4 Å². The summed E-state index contributed by atoms with van der Waals surface area (Å²) in [6.07, 6.45) is 20.3. The lowest BCUT2D eigenvalue weighted by Crippen LogP contribution is -2.30. The number of nitrogen functional groups attached to an aromatic ring is 1. The molecule has 12 aromatic carbocycles. The SMILES string of the molecule is Brc1ccc(-c2cn3cccnc3n2)cc1.Brc1ccc(-c2cn3cccnc3n2)cc1.CCO.Nc1ncccn1.O=C(CBr)c1ccc(Br)cc1.OB(O)c1ccc2ccc3cccc4ccc1c2c34.c1cc2ccc3ccc(-c4ccc(-c5cn6cccnc6n5)cc4)c4ccc(c1)c2c34. The van der Waals surface area contributed by atoms with Gasteiger partial charge < -0.3 is 20.9 Å². The molecule has 0 atom stereocenters. The number of hydrogen-bond acceptors (Lipinski definition) is 13. The second kappa shape index (κ2) is 32.8. The van der Waals surface area contributed by atoms with E-state index in [9.17, 15) is 14.8 Å². The van der Waals surface area contributed by atoms with Crippen molar-refractivity contribution in [3.8, 4) is 44.9 Å². The highest BCUT2D eigenvalue weighted by atomic mass is 79.9. The lowest BCUT2D eigenvalue weighted by molar-refractivity contribution is 0.102. The maximum absolute atomic E-state index is 11.1. The molecule has 0 saturated carbocycles. The van der Waals surface area contributed by atoms with E-state index in [-0.39, 0.29) is 12.4 Å². The quantitative estimate of drug-likeness (QED) is 0.0506. The lowest BCUT2D eigenvalue weighted by atomic mass is 9.75. The zero-order chi connectivity index (χ0) is 71.3. The Morgan fingerprint density at radius 1 is 0.408 bits per heavy atom. The third-order valence-electron chi connectivity index (χ3n) is 16.7. The summed E-state index contributed by atoms with van der Waals surface area (Å²) in [5.41, 5.74) is 15.0. The number of fused-ring (bicyclic) bond motifs is 3. The molecule has 504 valence electrons. The summed E-state index contributed by atoms with van der Waals surface area (Å²) in [7, 11) is -1.44. The molecule has 0 bridgehead atoms. The standard InChI is InChI=1S/C28H17N3.C16H11BO2.2C12H8BrN3.C8H6Br2O.C4H5N3.C2H6O/c1-3-20-9-10-22-11-13-23(24-14-12-21(4-1)26(20)27(22)24)18-5-7-19(8-6-18)25-17-31-16-2-15-29-28(31)30-25;18-17(19)14-9-7-12-5-4-10-2-1-3-11-6-8-13(14)16(12)15(10)11;2*13-10-4-2-9(3-5-10)11-8-16-7-1-6-14-12(16)15-11;9-5-8(11)6-1-3-7(10)4-2-6;5-4-6-2-1-3-7-4;1-2-3/h1-17H;1-9,18-19H;2*1-8H;1-4H,5H2;1-3H,(H2,5,6,7);3H,2H2,1H3. The molecule has 0 saturated heterocycles. The van der Waals surface area contributed by atoms with Crippen LogP contribution in [0.3, 0.4) is 0 Å². The number of nitrogens with zero attached hydrogens (tertiary/aromatic N) is 11. The minimum absolute atomic E-state index is 0.109. The second-order valence-corrected chi connectivity index (χ2v) is 26.6. The van der Waals surface area contributed by atoms with Crippen molar-refractivity contribution in [3.63, 3.8) is 0 Å². The first kappa shape index (κ1) is 70.4. The zero-order valence-corrected chi connectivity index (χ0v) is 61.4. The van der Waals surface area contributed by atoms with Crippen molar-refractivity contribution in [2.24, 2.45) is 0 Å². The van der Waals surface area contributed by atoms with E-state index in [1.807, 2.05) is 154 Å². The number of imidazole rings is 3. The Labute approximate surface area is 625 Å². The monoisotopic (exact) mass is 1600 g/mol. The van der Waals surface area contributed by atoms with Crippen LogP contribution in [-0.2, 0) is 0 Å². The summed E-state index contributed by atoms with van der Waals surface area (Å²) in [5, 5.41) is 41.6. The van der Waals surface area contributed by atoms with E-state index in [1.54, 1.807) is 62.2 Å². The van der Waals surface area contributed by atoms with E-state index in [0.29, 0.717) is 22.5 Å². The Morgan fingerprint density at radius 3 is 1.14 bits per heavy atom. The van der Waals surface area contributed by atoms with Gasteiger partial charge in [0.25, 0.3) is 0 Å². The molecule has 7 heterocycles. The van der Waals surface area contributed by atoms with Crippen LogP contribution in [0.4, 0.5) is 5.95 Å². The van der Waals surface area contributed by atoms with E-state index in [2.05, 4.69) is 207 Å². The van der Waals surface area contributed by atoms with E-state index < -0.39 is 7.12 Å². The number of aliphatic hydroxyl groups is 1. The van der Waals surface area contributed by atoms with Crippen LogP contribution in [0.2, 0.25) is 0 Å². The average molecular weight is 1610 g/mol. The first-order valence-electron chi connectivity index (χ1n) is 32.5. The predicted molar refractivity (Wildman–Crippen MR) is 431 cm³/mol. The normalized spacial score (nSPS) is 10.9. The van der Waals surface area contributed by atoms with Crippen molar-refractivity contribution >= 4 is 170 Å². The molecule has 0 radical (unpaired) electrons. The fourth-order valence-electron chi connectivity index (χ4n) is 12.0.